The van der Waals surface area contributed by atoms with Crippen molar-refractivity contribution >= 4 is 34.7 Å². The molecular formula is C34H50N4O7. The Morgan fingerprint density at radius 2 is 1.58 bits per heavy atom. The number of rotatable bonds is 13. The number of amides is 1. The molecule has 0 radical (unpaired) electrons. The monoisotopic (exact) mass is 626 g/mol. The minimum absolute atomic E-state index is 0.0297. The normalized spacial score (nSPS) is 27.9. The smallest absolute Gasteiger partial charge is 0.235 e. The fourth-order valence-corrected chi connectivity index (χ4v) is 7.91. The van der Waals surface area contributed by atoms with E-state index in [1.54, 1.807) is 14.1 Å². The van der Waals surface area contributed by atoms with E-state index in [1.165, 1.54) is 4.90 Å². The van der Waals surface area contributed by atoms with Crippen LogP contribution in [0.4, 0.5) is 5.69 Å². The van der Waals surface area contributed by atoms with Crippen LogP contribution in [0.15, 0.2) is 6.07 Å². The van der Waals surface area contributed by atoms with Crippen molar-refractivity contribution in [2.75, 3.05) is 46.2 Å². The molecule has 0 aliphatic heterocycles. The van der Waals surface area contributed by atoms with Crippen molar-refractivity contribution in [3.05, 3.63) is 22.8 Å². The summed E-state index contributed by atoms with van der Waals surface area (Å²) >= 11 is 0. The lowest BCUT2D eigenvalue weighted by molar-refractivity contribution is -0.181. The van der Waals surface area contributed by atoms with Crippen LogP contribution in [-0.4, -0.2) is 102 Å². The van der Waals surface area contributed by atoms with E-state index in [0.29, 0.717) is 17.7 Å². The number of ketones is 4. The van der Waals surface area contributed by atoms with Crippen molar-refractivity contribution in [2.45, 2.75) is 83.4 Å². The Morgan fingerprint density at radius 3 is 2.09 bits per heavy atom. The maximum Gasteiger partial charge on any atom is 0.235 e. The van der Waals surface area contributed by atoms with E-state index in [2.05, 4.69) is 18.7 Å². The lowest BCUT2D eigenvalue weighted by atomic mass is 9.52. The highest BCUT2D eigenvalue weighted by Crippen LogP contribution is 2.52. The summed E-state index contributed by atoms with van der Waals surface area (Å²) in [6, 6.07) is 0.797. The first kappa shape index (κ1) is 34.7. The molecule has 0 heterocycles. The van der Waals surface area contributed by atoms with Gasteiger partial charge in [0, 0.05) is 37.8 Å². The van der Waals surface area contributed by atoms with Crippen molar-refractivity contribution in [3.8, 4) is 5.75 Å². The van der Waals surface area contributed by atoms with Crippen LogP contribution in [0, 0.1) is 23.7 Å². The van der Waals surface area contributed by atoms with Gasteiger partial charge >= 0.3 is 0 Å². The molecule has 6 atom stereocenters. The summed E-state index contributed by atoms with van der Waals surface area (Å²) in [5.74, 6) is -10.3. The SMILES string of the molecule is CCCCCN(CCCCC)Cc1cc(N(C)C)c2c(c1O)C(=O)C1C(=O)[C@@]3(O)C(=O)C(C(N)=O)C(=O)[C@H](N(C)C)[C@H]3C[C@H]1C2. The molecule has 2 fully saturated rings. The van der Waals surface area contributed by atoms with E-state index in [4.69, 9.17) is 5.73 Å². The molecule has 0 spiro atoms. The van der Waals surface area contributed by atoms with Crippen LogP contribution in [0.1, 0.15) is 80.3 Å². The molecule has 1 aromatic carbocycles. The Morgan fingerprint density at radius 1 is 0.978 bits per heavy atom. The van der Waals surface area contributed by atoms with Gasteiger partial charge in [0.1, 0.15) is 5.75 Å². The molecule has 4 N–H and O–H groups in total. The molecule has 248 valence electrons. The third-order valence-corrected chi connectivity index (χ3v) is 10.1. The number of aromatic hydroxyl groups is 1. The van der Waals surface area contributed by atoms with Gasteiger partial charge < -0.3 is 20.8 Å². The number of phenolic OH excluding ortho intramolecular Hbond substituents is 1. The Hall–Kier alpha value is -3.15. The number of anilines is 1. The Kier molecular flexibility index (Phi) is 10.6. The van der Waals surface area contributed by atoms with Crippen molar-refractivity contribution in [3.63, 3.8) is 0 Å². The summed E-state index contributed by atoms with van der Waals surface area (Å²) in [5.41, 5.74) is 4.69. The molecule has 0 aromatic heterocycles. The van der Waals surface area contributed by atoms with E-state index in [0.717, 1.165) is 57.3 Å². The van der Waals surface area contributed by atoms with Crippen molar-refractivity contribution in [1.82, 2.24) is 9.80 Å². The second-order valence-electron chi connectivity index (χ2n) is 13.6. The molecular weight excluding hydrogens is 576 g/mol. The standard InChI is InChI=1S/C34H50N4O7/c1-7-9-11-13-38(14-12-10-8-2)18-20-17-23(36(3)4)21-15-19-16-22-27(37(5)6)30(41)26(33(35)44)32(43)34(22,45)31(42)24(19)29(40)25(21)28(20)39/h17,19,22,24,26-27,39,45H,7-16,18H2,1-6H3,(H2,35,44)/t19-,22-,24?,26?,27-,34-/m1/s1. The van der Waals surface area contributed by atoms with Gasteiger partial charge in [0.25, 0.3) is 0 Å². The van der Waals surface area contributed by atoms with Crippen LogP contribution in [0.2, 0.25) is 0 Å². The van der Waals surface area contributed by atoms with Crippen LogP contribution in [0.25, 0.3) is 0 Å². The zero-order valence-corrected chi connectivity index (χ0v) is 27.6. The number of fused-ring (bicyclic) bond motifs is 3. The maximum absolute atomic E-state index is 14.3. The first-order valence-corrected chi connectivity index (χ1v) is 16.3. The second-order valence-corrected chi connectivity index (χ2v) is 13.6. The Labute approximate surface area is 266 Å². The largest absolute Gasteiger partial charge is 0.507 e. The van der Waals surface area contributed by atoms with E-state index < -0.39 is 64.4 Å². The van der Waals surface area contributed by atoms with Gasteiger partial charge in [0.15, 0.2) is 34.7 Å². The predicted molar refractivity (Wildman–Crippen MR) is 170 cm³/mol. The molecule has 11 heteroatoms. The summed E-state index contributed by atoms with van der Waals surface area (Å²) < 4.78 is 0. The fraction of sp³-hybridized carbons (Fsp3) is 0.676. The summed E-state index contributed by atoms with van der Waals surface area (Å²) in [6.45, 7) is 6.44. The molecule has 0 saturated heterocycles. The number of hydrogen-bond acceptors (Lipinski definition) is 10. The molecule has 3 aliphatic rings. The van der Waals surface area contributed by atoms with E-state index in [-0.39, 0.29) is 24.2 Å². The van der Waals surface area contributed by atoms with Gasteiger partial charge in [-0.3, -0.25) is 33.8 Å². The molecule has 0 bridgehead atoms. The zero-order valence-electron chi connectivity index (χ0n) is 27.6. The predicted octanol–water partition coefficient (Wildman–Crippen LogP) is 2.12. The lowest BCUT2D eigenvalue weighted by Gasteiger charge is -2.52. The number of unbranched alkanes of at least 4 members (excludes halogenated alkanes) is 4. The van der Waals surface area contributed by atoms with Gasteiger partial charge in [-0.15, -0.1) is 0 Å². The van der Waals surface area contributed by atoms with Crippen molar-refractivity contribution in [1.29, 1.82) is 0 Å². The fourth-order valence-electron chi connectivity index (χ4n) is 7.91. The van der Waals surface area contributed by atoms with Crippen LogP contribution in [-0.2, 0) is 32.1 Å². The van der Waals surface area contributed by atoms with Crippen molar-refractivity contribution in [2.24, 2.45) is 29.4 Å². The Balaban J connectivity index is 1.79. The topological polar surface area (TPSA) is 162 Å². The van der Waals surface area contributed by atoms with E-state index >= 15 is 0 Å². The lowest BCUT2D eigenvalue weighted by Crippen LogP contribution is -2.74. The minimum atomic E-state index is -2.73. The molecule has 2 saturated carbocycles. The highest BCUT2D eigenvalue weighted by Gasteiger charge is 2.69. The summed E-state index contributed by atoms with van der Waals surface area (Å²) in [4.78, 5) is 73.3. The highest BCUT2D eigenvalue weighted by atomic mass is 16.3. The van der Waals surface area contributed by atoms with Gasteiger partial charge in [0.2, 0.25) is 5.91 Å². The number of benzene rings is 1. The van der Waals surface area contributed by atoms with Crippen LogP contribution < -0.4 is 10.6 Å². The summed E-state index contributed by atoms with van der Waals surface area (Å²) in [7, 11) is 6.88. The number of nitrogens with zero attached hydrogens (tertiary/aromatic N) is 3. The van der Waals surface area contributed by atoms with Crippen molar-refractivity contribution < 1.29 is 34.2 Å². The number of Topliss-reactive ketones (excluding diaryl/α,β-unsaturated/α-hetero) is 4. The number of primary amides is 1. The first-order valence-electron chi connectivity index (χ1n) is 16.3. The molecule has 2 unspecified atom stereocenters. The molecule has 11 nitrogen and oxygen atoms in total. The van der Waals surface area contributed by atoms with Crippen LogP contribution >= 0.6 is 0 Å². The molecule has 1 aromatic rings. The average Bonchev–Trinajstić information content (AvgIpc) is 2.95. The maximum atomic E-state index is 14.3. The van der Waals surface area contributed by atoms with Gasteiger partial charge in [0.05, 0.1) is 17.5 Å². The number of nitrogens with two attached hydrogens (primary N) is 1. The molecule has 3 aliphatic carbocycles. The third kappa shape index (κ3) is 6.06. The number of carbonyl (C=O) groups excluding carboxylic acids is 5. The summed E-state index contributed by atoms with van der Waals surface area (Å²) in [5, 5.41) is 23.5. The van der Waals surface area contributed by atoms with E-state index in [9.17, 15) is 34.2 Å². The van der Waals surface area contributed by atoms with E-state index in [1.807, 2.05) is 25.1 Å². The van der Waals surface area contributed by atoms with Gasteiger partial charge in [-0.05, 0) is 70.4 Å². The van der Waals surface area contributed by atoms with Crippen LogP contribution in [0.5, 0.6) is 5.75 Å². The quantitative estimate of drug-likeness (QED) is 0.218. The zero-order chi connectivity index (χ0) is 33.4. The second kappa shape index (κ2) is 13.7. The molecule has 4 rings (SSSR count). The van der Waals surface area contributed by atoms with Gasteiger partial charge in [-0.2, -0.15) is 0 Å². The third-order valence-electron chi connectivity index (χ3n) is 10.1. The molecule has 1 amide bonds. The number of hydrogen-bond donors (Lipinski definition) is 3. The van der Waals surface area contributed by atoms with Crippen LogP contribution in [0.3, 0.4) is 0 Å². The highest BCUT2D eigenvalue weighted by molar-refractivity contribution is 6.32. The number of carbonyl (C=O) groups is 5. The number of likely N-dealkylation sites (N-methyl/N-ethyl adjacent to an activating group) is 1. The summed E-state index contributed by atoms with van der Waals surface area (Å²) in [6.07, 6.45) is 6.65. The number of phenols is 1. The number of aliphatic hydroxyl groups is 1. The Bertz CT molecular complexity index is 1350. The van der Waals surface area contributed by atoms with Gasteiger partial charge in [-0.25, -0.2) is 0 Å². The molecule has 45 heavy (non-hydrogen) atoms. The average molecular weight is 627 g/mol. The first-order chi connectivity index (χ1) is 21.2. The minimum Gasteiger partial charge on any atom is -0.507 e. The van der Waals surface area contributed by atoms with Gasteiger partial charge in [-0.1, -0.05) is 39.5 Å².